The fraction of sp³-hybridized carbons (Fsp3) is 0.600. The van der Waals surface area contributed by atoms with Crippen LogP contribution in [0.4, 0.5) is 19.1 Å². The van der Waals surface area contributed by atoms with Crippen LogP contribution in [-0.2, 0) is 6.18 Å². The average molecular weight is 285 g/mol. The zero-order valence-corrected chi connectivity index (χ0v) is 10.9. The molecule has 1 atom stereocenters. The summed E-state index contributed by atoms with van der Waals surface area (Å²) >= 11 is 0. The third kappa shape index (κ3) is 5.50. The molecule has 0 aliphatic rings. The van der Waals surface area contributed by atoms with Gasteiger partial charge in [0, 0.05) is 25.0 Å². The molecule has 0 aliphatic carbocycles. The molecule has 0 unspecified atom stereocenters. The van der Waals surface area contributed by atoms with Crippen LogP contribution >= 0.6 is 12.4 Å². The lowest BCUT2D eigenvalue weighted by Crippen LogP contribution is -2.32. The van der Waals surface area contributed by atoms with Crippen LogP contribution in [0.5, 0.6) is 0 Å². The molecule has 0 spiro atoms. The van der Waals surface area contributed by atoms with Crippen LogP contribution in [0.1, 0.15) is 19.4 Å². The molecular formula is C10H16ClF3N4. The standard InChI is InChI=1S/C10H15F3N4.ClH/c1-3-14-7(2)4-15-9-16-5-8(6-17-9)10(11,12)13;/h5-7,14H,3-4H2,1-2H3,(H,15,16,17);1H/t7-;/m0./s1. The first-order chi connectivity index (χ1) is 7.93. The molecule has 0 aromatic carbocycles. The molecule has 1 rings (SSSR count). The first-order valence-corrected chi connectivity index (χ1v) is 5.30. The van der Waals surface area contributed by atoms with Crippen molar-refractivity contribution in [3.05, 3.63) is 18.0 Å². The Balaban J connectivity index is 0.00000289. The van der Waals surface area contributed by atoms with Crippen molar-refractivity contribution in [3.8, 4) is 0 Å². The summed E-state index contributed by atoms with van der Waals surface area (Å²) < 4.78 is 36.7. The molecule has 104 valence electrons. The van der Waals surface area contributed by atoms with Crippen LogP contribution in [0.2, 0.25) is 0 Å². The summed E-state index contributed by atoms with van der Waals surface area (Å²) in [6.07, 6.45) is -2.85. The second kappa shape index (κ2) is 7.38. The van der Waals surface area contributed by atoms with Gasteiger partial charge in [0.15, 0.2) is 0 Å². The van der Waals surface area contributed by atoms with E-state index in [0.717, 1.165) is 18.9 Å². The highest BCUT2D eigenvalue weighted by Crippen LogP contribution is 2.27. The van der Waals surface area contributed by atoms with Gasteiger partial charge >= 0.3 is 6.18 Å². The van der Waals surface area contributed by atoms with Gasteiger partial charge < -0.3 is 10.6 Å². The smallest absolute Gasteiger partial charge is 0.353 e. The van der Waals surface area contributed by atoms with Gasteiger partial charge in [-0.2, -0.15) is 13.2 Å². The van der Waals surface area contributed by atoms with Gasteiger partial charge in [-0.3, -0.25) is 0 Å². The number of aromatic nitrogens is 2. The Kier molecular flexibility index (Phi) is 6.93. The van der Waals surface area contributed by atoms with E-state index in [1.165, 1.54) is 0 Å². The van der Waals surface area contributed by atoms with Crippen LogP contribution in [0.15, 0.2) is 12.4 Å². The van der Waals surface area contributed by atoms with Gasteiger partial charge in [-0.15, -0.1) is 12.4 Å². The van der Waals surface area contributed by atoms with E-state index >= 15 is 0 Å². The predicted molar refractivity (Wildman–Crippen MR) is 65.9 cm³/mol. The van der Waals surface area contributed by atoms with Crippen molar-refractivity contribution in [1.29, 1.82) is 0 Å². The highest BCUT2D eigenvalue weighted by Gasteiger charge is 2.31. The van der Waals surface area contributed by atoms with E-state index in [0.29, 0.717) is 6.54 Å². The van der Waals surface area contributed by atoms with E-state index in [-0.39, 0.29) is 24.4 Å². The molecule has 0 bridgehead atoms. The Morgan fingerprint density at radius 1 is 1.28 bits per heavy atom. The van der Waals surface area contributed by atoms with Crippen molar-refractivity contribution in [3.63, 3.8) is 0 Å². The van der Waals surface area contributed by atoms with Gasteiger partial charge in [-0.25, -0.2) is 9.97 Å². The highest BCUT2D eigenvalue weighted by molar-refractivity contribution is 5.85. The zero-order chi connectivity index (χ0) is 12.9. The van der Waals surface area contributed by atoms with Gasteiger partial charge in [0.1, 0.15) is 0 Å². The van der Waals surface area contributed by atoms with Crippen LogP contribution in [0.3, 0.4) is 0 Å². The molecule has 0 amide bonds. The topological polar surface area (TPSA) is 49.8 Å². The SMILES string of the molecule is CCN[C@@H](C)CNc1ncc(C(F)(F)F)cn1.Cl. The molecule has 0 aliphatic heterocycles. The van der Waals surface area contributed by atoms with E-state index < -0.39 is 11.7 Å². The normalized spacial score (nSPS) is 12.7. The summed E-state index contributed by atoms with van der Waals surface area (Å²) in [5, 5.41) is 6.01. The molecule has 8 heteroatoms. The van der Waals surface area contributed by atoms with Crippen LogP contribution in [0.25, 0.3) is 0 Å². The number of anilines is 1. The second-order valence-corrected chi connectivity index (χ2v) is 3.63. The summed E-state index contributed by atoms with van der Waals surface area (Å²) in [4.78, 5) is 7.21. The summed E-state index contributed by atoms with van der Waals surface area (Å²) in [6.45, 7) is 5.32. The van der Waals surface area contributed by atoms with Crippen molar-refractivity contribution in [2.45, 2.75) is 26.1 Å². The number of alkyl halides is 3. The van der Waals surface area contributed by atoms with E-state index in [4.69, 9.17) is 0 Å². The molecule has 1 heterocycles. The lowest BCUT2D eigenvalue weighted by molar-refractivity contribution is -0.138. The summed E-state index contributed by atoms with van der Waals surface area (Å²) in [5.74, 6) is 0.197. The molecular weight excluding hydrogens is 269 g/mol. The Labute approximate surface area is 110 Å². The number of rotatable bonds is 5. The number of hydrogen-bond acceptors (Lipinski definition) is 4. The number of hydrogen-bond donors (Lipinski definition) is 2. The highest BCUT2D eigenvalue weighted by atomic mass is 35.5. The van der Waals surface area contributed by atoms with Crippen molar-refractivity contribution in [1.82, 2.24) is 15.3 Å². The van der Waals surface area contributed by atoms with Crippen molar-refractivity contribution in [2.24, 2.45) is 0 Å². The van der Waals surface area contributed by atoms with E-state index in [9.17, 15) is 13.2 Å². The van der Waals surface area contributed by atoms with Crippen molar-refractivity contribution >= 4 is 18.4 Å². The maximum Gasteiger partial charge on any atom is 0.419 e. The largest absolute Gasteiger partial charge is 0.419 e. The van der Waals surface area contributed by atoms with Crippen molar-refractivity contribution in [2.75, 3.05) is 18.4 Å². The Hall–Kier alpha value is -1.08. The van der Waals surface area contributed by atoms with Gasteiger partial charge in [-0.05, 0) is 13.5 Å². The first kappa shape index (κ1) is 16.9. The fourth-order valence-corrected chi connectivity index (χ4v) is 1.23. The maximum absolute atomic E-state index is 12.2. The molecule has 0 radical (unpaired) electrons. The quantitative estimate of drug-likeness (QED) is 0.871. The Morgan fingerprint density at radius 3 is 2.28 bits per heavy atom. The molecule has 0 fully saturated rings. The molecule has 1 aromatic heterocycles. The monoisotopic (exact) mass is 284 g/mol. The maximum atomic E-state index is 12.2. The van der Waals surface area contributed by atoms with Gasteiger partial charge in [0.2, 0.25) is 5.95 Å². The van der Waals surface area contributed by atoms with E-state index in [1.807, 2.05) is 13.8 Å². The van der Waals surface area contributed by atoms with E-state index in [2.05, 4.69) is 20.6 Å². The summed E-state index contributed by atoms with van der Waals surface area (Å²) in [7, 11) is 0. The third-order valence-electron chi connectivity index (χ3n) is 2.10. The van der Waals surface area contributed by atoms with Crippen LogP contribution < -0.4 is 10.6 Å². The lowest BCUT2D eigenvalue weighted by Gasteiger charge is -2.13. The number of nitrogens with zero attached hydrogens (tertiary/aromatic N) is 2. The molecule has 18 heavy (non-hydrogen) atoms. The number of likely N-dealkylation sites (N-methyl/N-ethyl adjacent to an activating group) is 1. The second-order valence-electron chi connectivity index (χ2n) is 3.63. The minimum Gasteiger partial charge on any atom is -0.353 e. The van der Waals surface area contributed by atoms with Gasteiger partial charge in [0.25, 0.3) is 0 Å². The Bertz CT molecular complexity index is 342. The number of halogens is 4. The summed E-state index contributed by atoms with van der Waals surface area (Å²) in [5.41, 5.74) is -0.845. The minimum atomic E-state index is -4.39. The van der Waals surface area contributed by atoms with E-state index in [1.54, 1.807) is 0 Å². The fourth-order valence-electron chi connectivity index (χ4n) is 1.23. The van der Waals surface area contributed by atoms with Crippen molar-refractivity contribution < 1.29 is 13.2 Å². The molecule has 4 nitrogen and oxygen atoms in total. The molecule has 0 saturated heterocycles. The van der Waals surface area contributed by atoms with Crippen LogP contribution in [0, 0.1) is 0 Å². The third-order valence-corrected chi connectivity index (χ3v) is 2.10. The van der Waals surface area contributed by atoms with Gasteiger partial charge in [-0.1, -0.05) is 6.92 Å². The molecule has 2 N–H and O–H groups in total. The molecule has 1 aromatic rings. The minimum absolute atomic E-state index is 0. The number of nitrogens with one attached hydrogen (secondary N) is 2. The summed E-state index contributed by atoms with van der Waals surface area (Å²) in [6, 6.07) is 0.200. The zero-order valence-electron chi connectivity index (χ0n) is 10.1. The average Bonchev–Trinajstić information content (AvgIpc) is 2.26. The lowest BCUT2D eigenvalue weighted by atomic mass is 10.3. The van der Waals surface area contributed by atoms with Crippen LogP contribution in [-0.4, -0.2) is 29.1 Å². The predicted octanol–water partition coefficient (Wildman–Crippen LogP) is 2.33. The first-order valence-electron chi connectivity index (χ1n) is 5.30. The molecule has 0 saturated carbocycles. The van der Waals surface area contributed by atoms with Gasteiger partial charge in [0.05, 0.1) is 5.56 Å². The Morgan fingerprint density at radius 2 is 1.83 bits per heavy atom.